The Bertz CT molecular complexity index is 349. The van der Waals surface area contributed by atoms with Gasteiger partial charge in [0.1, 0.15) is 0 Å². The van der Waals surface area contributed by atoms with Crippen molar-refractivity contribution in [2.24, 2.45) is 23.7 Å². The van der Waals surface area contributed by atoms with Crippen LogP contribution in [0, 0.1) is 23.7 Å². The first kappa shape index (κ1) is 17.3. The molecular weight excluding hydrogens is 256 g/mol. The summed E-state index contributed by atoms with van der Waals surface area (Å²) in [6, 6.07) is 1.54. The summed E-state index contributed by atoms with van der Waals surface area (Å²) in [6.45, 7) is 16.1. The van der Waals surface area contributed by atoms with Crippen LogP contribution in [-0.2, 0) is 0 Å². The van der Waals surface area contributed by atoms with E-state index in [1.54, 1.807) is 0 Å². The van der Waals surface area contributed by atoms with Crippen LogP contribution in [0.3, 0.4) is 0 Å². The van der Waals surface area contributed by atoms with Gasteiger partial charge in [-0.05, 0) is 77.8 Å². The van der Waals surface area contributed by atoms with Crippen LogP contribution in [0.25, 0.3) is 0 Å². The van der Waals surface area contributed by atoms with Gasteiger partial charge in [-0.1, -0.05) is 20.8 Å². The minimum atomic E-state index is 0.340. The van der Waals surface area contributed by atoms with Crippen molar-refractivity contribution in [1.82, 2.24) is 9.80 Å². The van der Waals surface area contributed by atoms with Crippen LogP contribution in [0.1, 0.15) is 60.8 Å². The van der Waals surface area contributed by atoms with Crippen molar-refractivity contribution < 1.29 is 0 Å². The number of likely N-dealkylation sites (tertiary alicyclic amines) is 1. The van der Waals surface area contributed by atoms with Gasteiger partial charge in [-0.2, -0.15) is 0 Å². The molecule has 1 saturated carbocycles. The molecule has 2 nitrogen and oxygen atoms in total. The fourth-order valence-corrected chi connectivity index (χ4v) is 4.87. The molecule has 2 aliphatic rings. The topological polar surface area (TPSA) is 6.48 Å². The average molecular weight is 295 g/mol. The lowest BCUT2D eigenvalue weighted by Gasteiger charge is -2.49. The molecule has 1 heterocycles. The Balaban J connectivity index is 2.09. The maximum absolute atomic E-state index is 2.85. The van der Waals surface area contributed by atoms with Gasteiger partial charge in [-0.3, -0.25) is 4.90 Å². The third kappa shape index (κ3) is 3.82. The molecular formula is C19H38N2. The van der Waals surface area contributed by atoms with Gasteiger partial charge in [0.25, 0.3) is 0 Å². The zero-order valence-electron chi connectivity index (χ0n) is 15.7. The van der Waals surface area contributed by atoms with Crippen molar-refractivity contribution in [3.8, 4) is 0 Å². The molecule has 6 atom stereocenters. The van der Waals surface area contributed by atoms with Crippen LogP contribution >= 0.6 is 0 Å². The normalized spacial score (nSPS) is 44.4. The van der Waals surface area contributed by atoms with Gasteiger partial charge < -0.3 is 4.90 Å². The van der Waals surface area contributed by atoms with E-state index in [1.165, 1.54) is 25.8 Å². The van der Waals surface area contributed by atoms with Crippen molar-refractivity contribution in [2.75, 3.05) is 20.6 Å². The summed E-state index contributed by atoms with van der Waals surface area (Å²) in [7, 11) is 4.47. The summed E-state index contributed by atoms with van der Waals surface area (Å²) >= 11 is 0. The Labute approximate surface area is 133 Å². The molecule has 124 valence electrons. The average Bonchev–Trinajstić information content (AvgIpc) is 3.12. The Morgan fingerprint density at radius 3 is 2.14 bits per heavy atom. The van der Waals surface area contributed by atoms with Gasteiger partial charge in [0.05, 0.1) is 0 Å². The van der Waals surface area contributed by atoms with Crippen LogP contribution in [0.5, 0.6) is 0 Å². The van der Waals surface area contributed by atoms with Gasteiger partial charge in [0.2, 0.25) is 0 Å². The van der Waals surface area contributed by atoms with E-state index in [-0.39, 0.29) is 0 Å². The third-order valence-electron chi connectivity index (χ3n) is 6.62. The zero-order valence-corrected chi connectivity index (χ0v) is 15.7. The second-order valence-corrected chi connectivity index (χ2v) is 9.09. The lowest BCUT2D eigenvalue weighted by atomic mass is 9.73. The van der Waals surface area contributed by atoms with E-state index in [9.17, 15) is 0 Å². The summed E-state index contributed by atoms with van der Waals surface area (Å²) in [6.07, 6.45) is 4.09. The highest BCUT2D eigenvalue weighted by molar-refractivity contribution is 4.99. The van der Waals surface area contributed by atoms with Gasteiger partial charge >= 0.3 is 0 Å². The molecule has 0 bridgehead atoms. The first-order valence-corrected chi connectivity index (χ1v) is 9.06. The predicted molar refractivity (Wildman–Crippen MR) is 92.6 cm³/mol. The fourth-order valence-electron chi connectivity index (χ4n) is 4.87. The molecule has 0 amide bonds. The fraction of sp³-hybridized carbons (Fsp3) is 1.00. The lowest BCUT2D eigenvalue weighted by Crippen LogP contribution is -2.53. The van der Waals surface area contributed by atoms with Crippen molar-refractivity contribution in [3.05, 3.63) is 0 Å². The second-order valence-electron chi connectivity index (χ2n) is 9.09. The van der Waals surface area contributed by atoms with Crippen LogP contribution in [0.2, 0.25) is 0 Å². The molecule has 1 aliphatic carbocycles. The van der Waals surface area contributed by atoms with Crippen LogP contribution in [0.4, 0.5) is 0 Å². The zero-order chi connectivity index (χ0) is 15.9. The van der Waals surface area contributed by atoms with Gasteiger partial charge in [-0.15, -0.1) is 0 Å². The van der Waals surface area contributed by atoms with Crippen LogP contribution < -0.4 is 0 Å². The predicted octanol–water partition coefficient (Wildman–Crippen LogP) is 4.11. The largest absolute Gasteiger partial charge is 0.306 e. The van der Waals surface area contributed by atoms with Crippen molar-refractivity contribution in [1.29, 1.82) is 0 Å². The summed E-state index contributed by atoms with van der Waals surface area (Å²) < 4.78 is 0. The minimum Gasteiger partial charge on any atom is -0.306 e. The summed E-state index contributed by atoms with van der Waals surface area (Å²) in [5.74, 6) is 3.42. The number of rotatable bonds is 3. The Kier molecular flexibility index (Phi) is 5.10. The third-order valence-corrected chi connectivity index (χ3v) is 6.62. The maximum Gasteiger partial charge on any atom is 0.0158 e. The molecule has 0 aromatic heterocycles. The molecule has 2 heteroatoms. The first-order valence-electron chi connectivity index (χ1n) is 9.06. The maximum atomic E-state index is 2.85. The van der Waals surface area contributed by atoms with Gasteiger partial charge in [0, 0.05) is 24.2 Å². The van der Waals surface area contributed by atoms with E-state index < -0.39 is 0 Å². The molecule has 1 saturated heterocycles. The molecule has 0 spiro atoms. The van der Waals surface area contributed by atoms with E-state index >= 15 is 0 Å². The number of hydrogen-bond acceptors (Lipinski definition) is 2. The monoisotopic (exact) mass is 294 g/mol. The minimum absolute atomic E-state index is 0.340. The molecule has 2 fully saturated rings. The summed E-state index contributed by atoms with van der Waals surface area (Å²) in [5, 5.41) is 0. The Hall–Kier alpha value is -0.0800. The molecule has 1 aliphatic heterocycles. The Morgan fingerprint density at radius 2 is 1.62 bits per heavy atom. The van der Waals surface area contributed by atoms with Crippen molar-refractivity contribution >= 4 is 0 Å². The highest BCUT2D eigenvalue weighted by atomic mass is 15.2. The highest BCUT2D eigenvalue weighted by Crippen LogP contribution is 2.42. The first-order chi connectivity index (χ1) is 9.63. The van der Waals surface area contributed by atoms with Crippen LogP contribution in [-0.4, -0.2) is 48.1 Å². The molecule has 6 unspecified atom stereocenters. The lowest BCUT2D eigenvalue weighted by molar-refractivity contribution is 0.00583. The van der Waals surface area contributed by atoms with Crippen LogP contribution in [0.15, 0.2) is 0 Å². The smallest absolute Gasteiger partial charge is 0.0158 e. The number of hydrogen-bond donors (Lipinski definition) is 0. The molecule has 0 aromatic carbocycles. The molecule has 2 rings (SSSR count). The van der Waals surface area contributed by atoms with Gasteiger partial charge in [0.15, 0.2) is 0 Å². The van der Waals surface area contributed by atoms with Crippen molar-refractivity contribution in [3.63, 3.8) is 0 Å². The van der Waals surface area contributed by atoms with E-state index in [0.717, 1.165) is 29.7 Å². The molecule has 0 radical (unpaired) electrons. The molecule has 0 N–H and O–H groups in total. The van der Waals surface area contributed by atoms with E-state index in [1.807, 2.05) is 0 Å². The Morgan fingerprint density at radius 1 is 1.00 bits per heavy atom. The van der Waals surface area contributed by atoms with Gasteiger partial charge in [-0.25, -0.2) is 0 Å². The summed E-state index contributed by atoms with van der Waals surface area (Å²) in [4.78, 5) is 5.26. The highest BCUT2D eigenvalue weighted by Gasteiger charge is 2.44. The second kappa shape index (κ2) is 6.20. The van der Waals surface area contributed by atoms with E-state index in [0.29, 0.717) is 11.6 Å². The molecule has 0 aromatic rings. The van der Waals surface area contributed by atoms with E-state index in [2.05, 4.69) is 65.4 Å². The number of nitrogens with zero attached hydrogens (tertiary/aromatic N) is 2. The quantitative estimate of drug-likeness (QED) is 0.773. The molecule has 21 heavy (non-hydrogen) atoms. The SMILES string of the molecule is CC1CC(C)N(CC2CC2N(C)C)C(C)(C)CC(C)C1C. The van der Waals surface area contributed by atoms with Crippen molar-refractivity contribution in [2.45, 2.75) is 78.4 Å². The van der Waals surface area contributed by atoms with E-state index in [4.69, 9.17) is 0 Å². The standard InChI is InChI=1S/C19H38N2/c1-13-9-15(3)21(12-17-10-18(17)20(7)8)19(5,6)11-14(2)16(13)4/h13-18H,9-12H2,1-8H3. The summed E-state index contributed by atoms with van der Waals surface area (Å²) in [5.41, 5.74) is 0.340.